The number of nitrogens with two attached hydrogens (primary N) is 1. The third-order valence-electron chi connectivity index (χ3n) is 2.95. The van der Waals surface area contributed by atoms with E-state index in [0.29, 0.717) is 12.2 Å². The van der Waals surface area contributed by atoms with E-state index in [9.17, 15) is 8.42 Å². The second-order valence-corrected chi connectivity index (χ2v) is 6.55. The molecule has 0 spiro atoms. The Balaban J connectivity index is 2.72. The third-order valence-corrected chi connectivity index (χ3v) is 5.44. The summed E-state index contributed by atoms with van der Waals surface area (Å²) >= 11 is 0. The van der Waals surface area contributed by atoms with Crippen molar-refractivity contribution in [3.8, 4) is 0 Å². The van der Waals surface area contributed by atoms with Crippen molar-refractivity contribution in [1.29, 1.82) is 0 Å². The molecule has 0 heterocycles. The molecule has 1 aliphatic rings. The molecule has 1 rings (SSSR count). The Bertz CT molecular complexity index is 261. The summed E-state index contributed by atoms with van der Waals surface area (Å²) in [5.41, 5.74) is 5.92. The van der Waals surface area contributed by atoms with Gasteiger partial charge < -0.3 is 5.73 Å². The highest BCUT2D eigenvalue weighted by molar-refractivity contribution is 7.92. The molecule has 0 amide bonds. The molecular weight excluding hydrogens is 198 g/mol. The Morgan fingerprint density at radius 2 is 1.86 bits per heavy atom. The zero-order valence-corrected chi connectivity index (χ0v) is 9.72. The second-order valence-electron chi connectivity index (χ2n) is 4.21. The second kappa shape index (κ2) is 5.12. The number of sulfone groups is 1. The van der Waals surface area contributed by atoms with Crippen LogP contribution in [0.3, 0.4) is 0 Å². The van der Waals surface area contributed by atoms with Gasteiger partial charge in [0, 0.05) is 6.04 Å². The summed E-state index contributed by atoms with van der Waals surface area (Å²) in [4.78, 5) is 0. The van der Waals surface area contributed by atoms with Crippen molar-refractivity contribution in [1.82, 2.24) is 0 Å². The number of hydrogen-bond donors (Lipinski definition) is 1. The van der Waals surface area contributed by atoms with Crippen molar-refractivity contribution >= 4 is 9.84 Å². The molecule has 0 aromatic heterocycles. The molecule has 3 nitrogen and oxygen atoms in total. The van der Waals surface area contributed by atoms with E-state index in [1.54, 1.807) is 0 Å². The topological polar surface area (TPSA) is 60.2 Å². The fraction of sp³-hybridized carbons (Fsp3) is 1.00. The van der Waals surface area contributed by atoms with Gasteiger partial charge >= 0.3 is 0 Å². The van der Waals surface area contributed by atoms with E-state index in [0.717, 1.165) is 32.1 Å². The summed E-state index contributed by atoms with van der Waals surface area (Å²) in [6.07, 6.45) is 5.56. The first kappa shape index (κ1) is 12.0. The van der Waals surface area contributed by atoms with Crippen LogP contribution in [-0.4, -0.2) is 25.5 Å². The molecule has 0 saturated heterocycles. The predicted octanol–water partition coefficient (Wildman–Crippen LogP) is 1.47. The van der Waals surface area contributed by atoms with Crippen LogP contribution in [-0.2, 0) is 9.84 Å². The minimum absolute atomic E-state index is 0.131. The maximum Gasteiger partial charge on any atom is 0.154 e. The first-order chi connectivity index (χ1) is 6.58. The van der Waals surface area contributed by atoms with Crippen LogP contribution in [0.25, 0.3) is 0 Å². The molecule has 14 heavy (non-hydrogen) atoms. The average Bonchev–Trinajstić information content (AvgIpc) is 2.29. The van der Waals surface area contributed by atoms with Crippen molar-refractivity contribution in [2.45, 2.75) is 56.7 Å². The summed E-state index contributed by atoms with van der Waals surface area (Å²) in [6, 6.07) is -0.131. The quantitative estimate of drug-likeness (QED) is 0.731. The van der Waals surface area contributed by atoms with Gasteiger partial charge in [-0.2, -0.15) is 0 Å². The van der Waals surface area contributed by atoms with Gasteiger partial charge in [-0.3, -0.25) is 0 Å². The van der Waals surface area contributed by atoms with Gasteiger partial charge in [0.05, 0.1) is 11.0 Å². The third kappa shape index (κ3) is 2.95. The number of rotatable bonds is 3. The summed E-state index contributed by atoms with van der Waals surface area (Å²) in [7, 11) is -2.93. The predicted molar refractivity (Wildman–Crippen MR) is 58.9 cm³/mol. The van der Waals surface area contributed by atoms with Crippen LogP contribution in [0.15, 0.2) is 0 Å². The van der Waals surface area contributed by atoms with Gasteiger partial charge in [0.25, 0.3) is 0 Å². The molecule has 1 saturated carbocycles. The smallest absolute Gasteiger partial charge is 0.154 e. The first-order valence-electron chi connectivity index (χ1n) is 5.55. The van der Waals surface area contributed by atoms with E-state index in [4.69, 9.17) is 5.73 Å². The summed E-state index contributed by atoms with van der Waals surface area (Å²) < 4.78 is 23.7. The Labute approximate surface area is 87.0 Å². The van der Waals surface area contributed by atoms with E-state index in [1.807, 2.05) is 6.92 Å². The van der Waals surface area contributed by atoms with Crippen molar-refractivity contribution in [3.05, 3.63) is 0 Å². The fourth-order valence-corrected chi connectivity index (χ4v) is 4.25. The normalized spacial score (nSPS) is 29.9. The molecule has 1 fully saturated rings. The SMILES string of the molecule is CCCS(=O)(=O)C1CCCCCC1N. The molecule has 0 aliphatic heterocycles. The number of hydrogen-bond acceptors (Lipinski definition) is 3. The van der Waals surface area contributed by atoms with Crippen LogP contribution in [0, 0.1) is 0 Å². The molecule has 0 aromatic rings. The molecular formula is C10H21NO2S. The molecule has 0 bridgehead atoms. The lowest BCUT2D eigenvalue weighted by Gasteiger charge is -2.21. The van der Waals surface area contributed by atoms with E-state index in [-0.39, 0.29) is 11.3 Å². The highest BCUT2D eigenvalue weighted by Gasteiger charge is 2.31. The molecule has 1 aliphatic carbocycles. The molecule has 4 heteroatoms. The average molecular weight is 219 g/mol. The minimum Gasteiger partial charge on any atom is -0.327 e. The molecule has 0 radical (unpaired) electrons. The van der Waals surface area contributed by atoms with Gasteiger partial charge in [0.1, 0.15) is 0 Å². The summed E-state index contributed by atoms with van der Waals surface area (Å²) in [5, 5.41) is -0.273. The van der Waals surface area contributed by atoms with Crippen molar-refractivity contribution in [2.24, 2.45) is 5.73 Å². The Kier molecular flexibility index (Phi) is 4.38. The van der Waals surface area contributed by atoms with E-state index >= 15 is 0 Å². The molecule has 2 atom stereocenters. The van der Waals surface area contributed by atoms with Crippen LogP contribution < -0.4 is 5.73 Å². The minimum atomic E-state index is -2.93. The summed E-state index contributed by atoms with van der Waals surface area (Å²) in [6.45, 7) is 1.90. The lowest BCUT2D eigenvalue weighted by Crippen LogP contribution is -2.40. The summed E-state index contributed by atoms with van der Waals surface area (Å²) in [5.74, 6) is 0.297. The van der Waals surface area contributed by atoms with Crippen LogP contribution >= 0.6 is 0 Å². The van der Waals surface area contributed by atoms with Crippen LogP contribution in [0.4, 0.5) is 0 Å². The first-order valence-corrected chi connectivity index (χ1v) is 7.26. The van der Waals surface area contributed by atoms with E-state index in [1.165, 1.54) is 0 Å². The van der Waals surface area contributed by atoms with Gasteiger partial charge in [-0.25, -0.2) is 8.42 Å². The van der Waals surface area contributed by atoms with Gasteiger partial charge in [0.15, 0.2) is 9.84 Å². The maximum absolute atomic E-state index is 11.9. The highest BCUT2D eigenvalue weighted by Crippen LogP contribution is 2.23. The Morgan fingerprint density at radius 3 is 2.50 bits per heavy atom. The molecule has 2 unspecified atom stereocenters. The van der Waals surface area contributed by atoms with Crippen molar-refractivity contribution in [2.75, 3.05) is 5.75 Å². The van der Waals surface area contributed by atoms with Gasteiger partial charge in [0.2, 0.25) is 0 Å². The lowest BCUT2D eigenvalue weighted by molar-refractivity contribution is 0.530. The van der Waals surface area contributed by atoms with Gasteiger partial charge in [-0.1, -0.05) is 26.2 Å². The lowest BCUT2D eigenvalue weighted by atomic mass is 10.1. The zero-order chi connectivity index (χ0) is 10.6. The van der Waals surface area contributed by atoms with Crippen molar-refractivity contribution < 1.29 is 8.42 Å². The fourth-order valence-electron chi connectivity index (χ4n) is 2.18. The highest BCUT2D eigenvalue weighted by atomic mass is 32.2. The van der Waals surface area contributed by atoms with Crippen molar-refractivity contribution in [3.63, 3.8) is 0 Å². The van der Waals surface area contributed by atoms with E-state index < -0.39 is 9.84 Å². The van der Waals surface area contributed by atoms with Gasteiger partial charge in [-0.15, -0.1) is 0 Å². The van der Waals surface area contributed by atoms with Crippen LogP contribution in [0.2, 0.25) is 0 Å². The van der Waals surface area contributed by atoms with Gasteiger partial charge in [-0.05, 0) is 19.3 Å². The Morgan fingerprint density at radius 1 is 1.21 bits per heavy atom. The van der Waals surface area contributed by atoms with E-state index in [2.05, 4.69) is 0 Å². The molecule has 2 N–H and O–H groups in total. The monoisotopic (exact) mass is 219 g/mol. The zero-order valence-electron chi connectivity index (χ0n) is 8.91. The van der Waals surface area contributed by atoms with Crippen LogP contribution in [0.5, 0.6) is 0 Å². The molecule has 0 aromatic carbocycles. The molecule has 84 valence electrons. The Hall–Kier alpha value is -0.0900. The van der Waals surface area contributed by atoms with Crippen LogP contribution in [0.1, 0.15) is 45.4 Å². The maximum atomic E-state index is 11.9. The largest absolute Gasteiger partial charge is 0.327 e. The standard InChI is InChI=1S/C10H21NO2S/c1-2-8-14(12,13)10-7-5-3-4-6-9(10)11/h9-10H,2-8,11H2,1H3.